The summed E-state index contributed by atoms with van der Waals surface area (Å²) in [6.07, 6.45) is 1.64. The Labute approximate surface area is 178 Å². The number of fused-ring (bicyclic) bond motifs is 1. The number of halogens is 1. The van der Waals surface area contributed by atoms with Gasteiger partial charge in [0.2, 0.25) is 5.91 Å². The Bertz CT molecular complexity index is 1070. The molecule has 3 aliphatic rings. The van der Waals surface area contributed by atoms with E-state index in [9.17, 15) is 14.4 Å². The average Bonchev–Trinajstić information content (AvgIpc) is 3.34. The highest BCUT2D eigenvalue weighted by Gasteiger charge is 2.63. The van der Waals surface area contributed by atoms with E-state index in [0.29, 0.717) is 22.0 Å². The molecule has 2 bridgehead atoms. The molecule has 1 heterocycles. The Morgan fingerprint density at radius 1 is 1.10 bits per heavy atom. The van der Waals surface area contributed by atoms with Crippen molar-refractivity contribution in [2.45, 2.75) is 25.9 Å². The lowest BCUT2D eigenvalue weighted by Crippen LogP contribution is -2.35. The van der Waals surface area contributed by atoms with Crippen LogP contribution in [-0.4, -0.2) is 23.9 Å². The number of amides is 2. The van der Waals surface area contributed by atoms with E-state index in [1.54, 1.807) is 42.5 Å². The predicted octanol–water partition coefficient (Wildman–Crippen LogP) is 4.04. The second-order valence-corrected chi connectivity index (χ2v) is 8.77. The molecule has 7 heteroatoms. The van der Waals surface area contributed by atoms with Crippen molar-refractivity contribution >= 4 is 40.8 Å². The van der Waals surface area contributed by atoms with Crippen molar-refractivity contribution < 1.29 is 19.1 Å². The van der Waals surface area contributed by atoms with Crippen LogP contribution in [0.4, 0.5) is 11.4 Å². The molecule has 0 unspecified atom stereocenters. The van der Waals surface area contributed by atoms with E-state index in [0.717, 1.165) is 18.4 Å². The quantitative estimate of drug-likeness (QED) is 0.725. The monoisotopic (exact) mass is 424 g/mol. The van der Waals surface area contributed by atoms with E-state index < -0.39 is 0 Å². The lowest BCUT2D eigenvalue weighted by molar-refractivity contribution is -0.145. The molecule has 0 spiro atoms. The summed E-state index contributed by atoms with van der Waals surface area (Å²) in [4.78, 5) is 37.8. The minimum Gasteiger partial charge on any atom is -0.462 e. The first-order valence-corrected chi connectivity index (χ1v) is 10.5. The van der Waals surface area contributed by atoms with Crippen LogP contribution in [0.2, 0.25) is 5.02 Å². The van der Waals surface area contributed by atoms with Crippen LogP contribution in [0, 0.1) is 30.6 Å². The Hall–Kier alpha value is -2.86. The van der Waals surface area contributed by atoms with Crippen molar-refractivity contribution in [1.29, 1.82) is 0 Å². The van der Waals surface area contributed by atoms with Crippen molar-refractivity contribution in [3.05, 3.63) is 58.6 Å². The molecule has 6 nitrogen and oxygen atoms in total. The standard InChI is InChI=1S/C23H21ClN2O4/c1-11-16(24)6-3-7-17(11)26-21(27)12-4-2-5-14(8-12)25-22(28)19-13-9-15-18(10-13)30-23(29)20(15)19/h2-8,13,15,18-20H,9-10H2,1H3,(H,25,28)(H,26,27)/t13-,15+,18-,19-,20+/m0/s1. The summed E-state index contributed by atoms with van der Waals surface area (Å²) >= 11 is 6.12. The Morgan fingerprint density at radius 2 is 1.90 bits per heavy atom. The maximum atomic E-state index is 13.0. The number of anilines is 2. The number of nitrogens with one attached hydrogen (secondary N) is 2. The van der Waals surface area contributed by atoms with Gasteiger partial charge in [0, 0.05) is 27.9 Å². The molecule has 2 aromatic carbocycles. The van der Waals surface area contributed by atoms with Gasteiger partial charge in [-0.25, -0.2) is 0 Å². The van der Waals surface area contributed by atoms with Crippen LogP contribution in [-0.2, 0) is 14.3 Å². The lowest BCUT2D eigenvalue weighted by atomic mass is 9.79. The van der Waals surface area contributed by atoms with E-state index in [2.05, 4.69) is 10.6 Å². The molecule has 2 aliphatic carbocycles. The minimum absolute atomic E-state index is 0.00137. The van der Waals surface area contributed by atoms with Gasteiger partial charge in [0.05, 0.1) is 11.8 Å². The number of ether oxygens (including phenoxy) is 1. The molecule has 2 aromatic rings. The molecule has 1 aliphatic heterocycles. The van der Waals surface area contributed by atoms with Gasteiger partial charge in [0.15, 0.2) is 0 Å². The van der Waals surface area contributed by atoms with Gasteiger partial charge in [-0.3, -0.25) is 14.4 Å². The third-order valence-corrected chi connectivity index (χ3v) is 7.10. The molecule has 5 atom stereocenters. The largest absolute Gasteiger partial charge is 0.462 e. The Kier molecular flexibility index (Phi) is 4.54. The van der Waals surface area contributed by atoms with E-state index in [1.807, 2.05) is 6.92 Å². The van der Waals surface area contributed by atoms with Crippen LogP contribution in [0.1, 0.15) is 28.8 Å². The lowest BCUT2D eigenvalue weighted by Gasteiger charge is -2.23. The topological polar surface area (TPSA) is 84.5 Å². The highest BCUT2D eigenvalue weighted by Crippen LogP contribution is 2.57. The summed E-state index contributed by atoms with van der Waals surface area (Å²) in [7, 11) is 0. The van der Waals surface area contributed by atoms with Crippen molar-refractivity contribution in [3.8, 4) is 0 Å². The van der Waals surface area contributed by atoms with E-state index in [-0.39, 0.29) is 47.6 Å². The maximum Gasteiger partial charge on any atom is 0.310 e. The molecule has 2 N–H and O–H groups in total. The summed E-state index contributed by atoms with van der Waals surface area (Å²) in [6.45, 7) is 1.84. The number of hydrogen-bond acceptors (Lipinski definition) is 4. The van der Waals surface area contributed by atoms with E-state index in [4.69, 9.17) is 16.3 Å². The van der Waals surface area contributed by atoms with Gasteiger partial charge in [-0.1, -0.05) is 23.7 Å². The van der Waals surface area contributed by atoms with Gasteiger partial charge < -0.3 is 15.4 Å². The number of benzene rings is 2. The number of rotatable bonds is 4. The molecule has 5 rings (SSSR count). The SMILES string of the molecule is Cc1c(Cl)cccc1NC(=O)c1cccc(NC(=O)[C@H]2[C@H]3C[C@H]4[C@H]2C(=O)O[C@H]4C3)c1. The number of esters is 1. The fraction of sp³-hybridized carbons (Fsp3) is 0.348. The van der Waals surface area contributed by atoms with Crippen LogP contribution < -0.4 is 10.6 Å². The van der Waals surface area contributed by atoms with Crippen LogP contribution in [0.5, 0.6) is 0 Å². The molecule has 30 heavy (non-hydrogen) atoms. The fourth-order valence-electron chi connectivity index (χ4n) is 5.26. The highest BCUT2D eigenvalue weighted by atomic mass is 35.5. The molecule has 2 amide bonds. The number of hydrogen-bond donors (Lipinski definition) is 2. The molecular formula is C23H21ClN2O4. The third-order valence-electron chi connectivity index (χ3n) is 6.69. The van der Waals surface area contributed by atoms with E-state index >= 15 is 0 Å². The van der Waals surface area contributed by atoms with Crippen LogP contribution >= 0.6 is 11.6 Å². The predicted molar refractivity (Wildman–Crippen MR) is 112 cm³/mol. The van der Waals surface area contributed by atoms with Gasteiger partial charge in [0.1, 0.15) is 6.10 Å². The van der Waals surface area contributed by atoms with Gasteiger partial charge >= 0.3 is 5.97 Å². The molecule has 2 saturated carbocycles. The van der Waals surface area contributed by atoms with Gasteiger partial charge in [-0.05, 0) is 61.6 Å². The van der Waals surface area contributed by atoms with Crippen molar-refractivity contribution in [1.82, 2.24) is 0 Å². The summed E-state index contributed by atoms with van der Waals surface area (Å²) in [5.74, 6) is -1.02. The van der Waals surface area contributed by atoms with Gasteiger partial charge in [0.25, 0.3) is 5.91 Å². The average molecular weight is 425 g/mol. The highest BCUT2D eigenvalue weighted by molar-refractivity contribution is 6.31. The fourth-order valence-corrected chi connectivity index (χ4v) is 5.44. The van der Waals surface area contributed by atoms with Gasteiger partial charge in [-0.2, -0.15) is 0 Å². The minimum atomic E-state index is -0.354. The first-order chi connectivity index (χ1) is 14.4. The summed E-state index contributed by atoms with van der Waals surface area (Å²) in [6, 6.07) is 12.1. The number of carbonyl (C=O) groups is 3. The Morgan fingerprint density at radius 3 is 2.73 bits per heavy atom. The Balaban J connectivity index is 1.31. The second kappa shape index (κ2) is 7.13. The molecule has 3 fully saturated rings. The second-order valence-electron chi connectivity index (χ2n) is 8.36. The summed E-state index contributed by atoms with van der Waals surface area (Å²) in [5, 5.41) is 6.34. The zero-order chi connectivity index (χ0) is 21.0. The molecule has 154 valence electrons. The van der Waals surface area contributed by atoms with E-state index in [1.165, 1.54) is 0 Å². The van der Waals surface area contributed by atoms with Gasteiger partial charge in [-0.15, -0.1) is 0 Å². The first kappa shape index (κ1) is 19.1. The van der Waals surface area contributed by atoms with Crippen LogP contribution in [0.15, 0.2) is 42.5 Å². The van der Waals surface area contributed by atoms with Crippen LogP contribution in [0.25, 0.3) is 0 Å². The molecule has 1 saturated heterocycles. The smallest absolute Gasteiger partial charge is 0.310 e. The maximum absolute atomic E-state index is 13.0. The molecule has 0 radical (unpaired) electrons. The van der Waals surface area contributed by atoms with Crippen molar-refractivity contribution in [2.24, 2.45) is 23.7 Å². The molecular weight excluding hydrogens is 404 g/mol. The molecule has 0 aromatic heterocycles. The normalized spacial score (nSPS) is 28.3. The summed E-state index contributed by atoms with van der Waals surface area (Å²) in [5.41, 5.74) is 2.37. The third kappa shape index (κ3) is 3.06. The van der Waals surface area contributed by atoms with Crippen molar-refractivity contribution in [3.63, 3.8) is 0 Å². The first-order valence-electron chi connectivity index (χ1n) is 10.1. The zero-order valence-electron chi connectivity index (χ0n) is 16.4. The summed E-state index contributed by atoms with van der Waals surface area (Å²) < 4.78 is 5.41. The number of carbonyl (C=O) groups excluding carboxylic acids is 3. The zero-order valence-corrected chi connectivity index (χ0v) is 17.1. The van der Waals surface area contributed by atoms with Crippen LogP contribution in [0.3, 0.4) is 0 Å². The van der Waals surface area contributed by atoms with Crippen molar-refractivity contribution in [2.75, 3.05) is 10.6 Å².